The third-order valence-corrected chi connectivity index (χ3v) is 9.76. The monoisotopic (exact) mass is 650 g/mol. The van der Waals surface area contributed by atoms with E-state index in [-0.39, 0.29) is 0 Å². The Balaban J connectivity index is 1.21. The van der Waals surface area contributed by atoms with Crippen LogP contribution in [0.5, 0.6) is 0 Å². The minimum Gasteiger partial charge on any atom is -0.455 e. The highest BCUT2D eigenvalue weighted by molar-refractivity contribution is 6.26. The molecule has 0 fully saturated rings. The maximum Gasteiger partial charge on any atom is 0.164 e. The summed E-state index contributed by atoms with van der Waals surface area (Å²) in [6, 6.07) is 56.1. The summed E-state index contributed by atoms with van der Waals surface area (Å²) in [5.41, 5.74) is 6.34. The molecule has 0 radical (unpaired) electrons. The molecule has 5 nitrogen and oxygen atoms in total. The standard InChI is InChI=1S/C46H26N4O/c47-27-32-20-23-38(46-49-44(28-11-3-1-4-12-28)48-45(50-46)29-13-5-2-6-14-29)42-40-26-31(21-24-41(40)51-43(32)42)30-19-22-37-35-17-8-7-15-33(35)34-16-9-10-18-36(34)39(37)25-30/h1-26H. The van der Waals surface area contributed by atoms with Crippen LogP contribution in [0.2, 0.25) is 0 Å². The molecule has 10 rings (SSSR count). The van der Waals surface area contributed by atoms with Crippen molar-refractivity contribution >= 4 is 54.3 Å². The number of hydrogen-bond donors (Lipinski definition) is 0. The van der Waals surface area contributed by atoms with Crippen LogP contribution < -0.4 is 0 Å². The van der Waals surface area contributed by atoms with Crippen molar-refractivity contribution in [3.63, 3.8) is 0 Å². The van der Waals surface area contributed by atoms with Crippen LogP contribution in [-0.2, 0) is 0 Å². The first-order chi connectivity index (χ1) is 25.2. The van der Waals surface area contributed by atoms with E-state index in [0.29, 0.717) is 34.2 Å². The summed E-state index contributed by atoms with van der Waals surface area (Å²) in [5, 5.41) is 19.2. The van der Waals surface area contributed by atoms with Crippen LogP contribution in [0.15, 0.2) is 162 Å². The van der Waals surface area contributed by atoms with E-state index in [1.807, 2.05) is 72.8 Å². The average molecular weight is 651 g/mol. The van der Waals surface area contributed by atoms with Crippen molar-refractivity contribution < 1.29 is 4.42 Å². The lowest BCUT2D eigenvalue weighted by molar-refractivity contribution is 0.667. The van der Waals surface area contributed by atoms with E-state index in [4.69, 9.17) is 19.4 Å². The highest BCUT2D eigenvalue weighted by Gasteiger charge is 2.21. The smallest absolute Gasteiger partial charge is 0.164 e. The van der Waals surface area contributed by atoms with Gasteiger partial charge in [0.25, 0.3) is 0 Å². The van der Waals surface area contributed by atoms with Crippen LogP contribution in [-0.4, -0.2) is 15.0 Å². The molecule has 0 spiro atoms. The van der Waals surface area contributed by atoms with Crippen LogP contribution in [0.1, 0.15) is 5.56 Å². The van der Waals surface area contributed by atoms with Gasteiger partial charge in [-0.05, 0) is 73.8 Å². The van der Waals surface area contributed by atoms with Gasteiger partial charge in [-0.3, -0.25) is 0 Å². The molecule has 0 atom stereocenters. The molecule has 0 N–H and O–H groups in total. The molecule has 0 aliphatic carbocycles. The summed E-state index contributed by atoms with van der Waals surface area (Å²) in [7, 11) is 0. The van der Waals surface area contributed by atoms with Gasteiger partial charge in [0.15, 0.2) is 23.1 Å². The van der Waals surface area contributed by atoms with Gasteiger partial charge in [-0.2, -0.15) is 5.26 Å². The first kappa shape index (κ1) is 28.8. The molecule has 236 valence electrons. The maximum atomic E-state index is 10.2. The molecule has 0 unspecified atom stereocenters. The summed E-state index contributed by atoms with van der Waals surface area (Å²) in [6.07, 6.45) is 0. The zero-order valence-electron chi connectivity index (χ0n) is 27.2. The Bertz CT molecular complexity index is 2940. The first-order valence-electron chi connectivity index (χ1n) is 16.8. The number of rotatable bonds is 4. The molecule has 2 aromatic heterocycles. The van der Waals surface area contributed by atoms with E-state index in [1.54, 1.807) is 6.07 Å². The van der Waals surface area contributed by atoms with Gasteiger partial charge < -0.3 is 4.42 Å². The maximum absolute atomic E-state index is 10.2. The fourth-order valence-corrected chi connectivity index (χ4v) is 7.35. The summed E-state index contributed by atoms with van der Waals surface area (Å²) in [6.45, 7) is 0. The Hall–Kier alpha value is -7.16. The summed E-state index contributed by atoms with van der Waals surface area (Å²) in [5.74, 6) is 1.65. The average Bonchev–Trinajstić information content (AvgIpc) is 3.60. The molecule has 0 saturated carbocycles. The first-order valence-corrected chi connectivity index (χ1v) is 16.8. The Morgan fingerprint density at radius 2 is 0.902 bits per heavy atom. The van der Waals surface area contributed by atoms with Crippen molar-refractivity contribution in [2.45, 2.75) is 0 Å². The quantitative estimate of drug-likeness (QED) is 0.177. The molecule has 2 heterocycles. The van der Waals surface area contributed by atoms with Crippen molar-refractivity contribution in [1.29, 1.82) is 5.26 Å². The molecule has 10 aromatic rings. The summed E-state index contributed by atoms with van der Waals surface area (Å²) in [4.78, 5) is 14.9. The molecular formula is C46H26N4O. The Morgan fingerprint density at radius 1 is 0.412 bits per heavy atom. The zero-order chi connectivity index (χ0) is 33.9. The van der Waals surface area contributed by atoms with Crippen LogP contribution in [0.25, 0.3) is 99.5 Å². The van der Waals surface area contributed by atoms with E-state index in [0.717, 1.165) is 38.6 Å². The summed E-state index contributed by atoms with van der Waals surface area (Å²) >= 11 is 0. The van der Waals surface area contributed by atoms with E-state index in [2.05, 4.69) is 84.9 Å². The number of benzene rings is 8. The normalized spacial score (nSPS) is 11.5. The predicted molar refractivity (Wildman–Crippen MR) is 206 cm³/mol. The molecule has 0 saturated heterocycles. The van der Waals surface area contributed by atoms with Crippen molar-refractivity contribution in [3.05, 3.63) is 163 Å². The van der Waals surface area contributed by atoms with Gasteiger partial charge >= 0.3 is 0 Å². The van der Waals surface area contributed by atoms with Gasteiger partial charge in [-0.25, -0.2) is 15.0 Å². The highest BCUT2D eigenvalue weighted by atomic mass is 16.3. The van der Waals surface area contributed by atoms with E-state index in [1.165, 1.54) is 32.3 Å². The number of aromatic nitrogens is 3. The lowest BCUT2D eigenvalue weighted by atomic mass is 9.92. The molecule has 0 bridgehead atoms. The minimum atomic E-state index is 0.455. The Labute approximate surface area is 292 Å². The number of fused-ring (bicyclic) bond motifs is 9. The van der Waals surface area contributed by atoms with Crippen LogP contribution in [0.4, 0.5) is 0 Å². The van der Waals surface area contributed by atoms with Crippen LogP contribution in [0, 0.1) is 11.3 Å². The summed E-state index contributed by atoms with van der Waals surface area (Å²) < 4.78 is 6.44. The van der Waals surface area contributed by atoms with Gasteiger partial charge in [0.05, 0.1) is 5.56 Å². The van der Waals surface area contributed by atoms with E-state index >= 15 is 0 Å². The molecule has 51 heavy (non-hydrogen) atoms. The fraction of sp³-hybridized carbons (Fsp3) is 0. The van der Waals surface area contributed by atoms with Gasteiger partial charge in [0.1, 0.15) is 11.7 Å². The van der Waals surface area contributed by atoms with Gasteiger partial charge in [-0.15, -0.1) is 0 Å². The minimum absolute atomic E-state index is 0.455. The van der Waals surface area contributed by atoms with Gasteiger partial charge in [0, 0.05) is 27.5 Å². The van der Waals surface area contributed by atoms with Gasteiger partial charge in [-0.1, -0.05) is 127 Å². The second-order valence-electron chi connectivity index (χ2n) is 12.7. The van der Waals surface area contributed by atoms with Crippen molar-refractivity contribution in [1.82, 2.24) is 15.0 Å². The molecule has 0 amide bonds. The van der Waals surface area contributed by atoms with E-state index in [9.17, 15) is 5.26 Å². The molecule has 0 aliphatic rings. The van der Waals surface area contributed by atoms with Crippen molar-refractivity contribution in [2.75, 3.05) is 0 Å². The van der Waals surface area contributed by atoms with Gasteiger partial charge in [0.2, 0.25) is 0 Å². The predicted octanol–water partition coefficient (Wildman–Crippen LogP) is 11.8. The van der Waals surface area contributed by atoms with E-state index < -0.39 is 0 Å². The topological polar surface area (TPSA) is 75.6 Å². The highest BCUT2D eigenvalue weighted by Crippen LogP contribution is 2.41. The number of nitrogens with zero attached hydrogens (tertiary/aromatic N) is 4. The molecule has 8 aromatic carbocycles. The third-order valence-electron chi connectivity index (χ3n) is 9.76. The lowest BCUT2D eigenvalue weighted by Gasteiger charge is -2.12. The van der Waals surface area contributed by atoms with Crippen LogP contribution in [0.3, 0.4) is 0 Å². The number of nitriles is 1. The fourth-order valence-electron chi connectivity index (χ4n) is 7.35. The van der Waals surface area contributed by atoms with Crippen molar-refractivity contribution in [3.8, 4) is 51.4 Å². The lowest BCUT2D eigenvalue weighted by Crippen LogP contribution is -2.00. The third kappa shape index (κ3) is 4.66. The molecular weight excluding hydrogens is 625 g/mol. The van der Waals surface area contributed by atoms with Crippen molar-refractivity contribution in [2.24, 2.45) is 0 Å². The Morgan fingerprint density at radius 3 is 1.49 bits per heavy atom. The van der Waals surface area contributed by atoms with Crippen LogP contribution >= 0.6 is 0 Å². The zero-order valence-corrected chi connectivity index (χ0v) is 27.2. The second kappa shape index (κ2) is 11.5. The largest absolute Gasteiger partial charge is 0.455 e. The molecule has 5 heteroatoms. The second-order valence-corrected chi connectivity index (χ2v) is 12.7. The SMILES string of the molecule is N#Cc1ccc(-c2nc(-c3ccccc3)nc(-c3ccccc3)n2)c2c1oc1ccc(-c3ccc4c5ccccc5c5ccccc5c4c3)cc12. The Kier molecular flexibility index (Phi) is 6.48. The molecule has 0 aliphatic heterocycles. The number of hydrogen-bond acceptors (Lipinski definition) is 5. The number of furan rings is 1.